The zero-order valence-corrected chi connectivity index (χ0v) is 19.6. The fraction of sp³-hybridized carbons (Fsp3) is 0.417. The number of nitrogens with zero attached hydrogens (tertiary/aromatic N) is 4. The van der Waals surface area contributed by atoms with Crippen LogP contribution in [-0.4, -0.2) is 37.5 Å². The fourth-order valence-electron chi connectivity index (χ4n) is 3.70. The van der Waals surface area contributed by atoms with E-state index in [-0.39, 0.29) is 11.9 Å². The summed E-state index contributed by atoms with van der Waals surface area (Å²) in [5.74, 6) is 1.06. The largest absolute Gasteiger partial charge is 0.353 e. The van der Waals surface area contributed by atoms with Crippen molar-refractivity contribution < 1.29 is 4.79 Å². The first-order valence-corrected chi connectivity index (χ1v) is 12.0. The number of hydrogen-bond acceptors (Lipinski definition) is 5. The molecule has 0 fully saturated rings. The summed E-state index contributed by atoms with van der Waals surface area (Å²) >= 11 is 1.42. The molecule has 0 aliphatic rings. The van der Waals surface area contributed by atoms with E-state index < -0.39 is 0 Å². The highest BCUT2D eigenvalue weighted by Gasteiger charge is 2.21. The molecule has 0 saturated heterocycles. The van der Waals surface area contributed by atoms with Gasteiger partial charge in [-0.3, -0.25) is 14.3 Å². The number of carbonyl (C=O) groups is 1. The molecule has 3 rings (SSSR count). The number of aryl methyl sites for hydroxylation is 2. The minimum absolute atomic E-state index is 0.0166. The highest BCUT2D eigenvalue weighted by atomic mass is 32.2. The molecule has 1 amide bonds. The fourth-order valence-corrected chi connectivity index (χ4v) is 4.45. The molecule has 0 aliphatic carbocycles. The minimum atomic E-state index is 0.0166. The summed E-state index contributed by atoms with van der Waals surface area (Å²) in [6, 6.07) is 10.5. The summed E-state index contributed by atoms with van der Waals surface area (Å²) in [6.07, 6.45) is 7.36. The van der Waals surface area contributed by atoms with Gasteiger partial charge in [-0.1, -0.05) is 57.2 Å². The molecule has 6 nitrogen and oxygen atoms in total. The van der Waals surface area contributed by atoms with Crippen LogP contribution in [0.1, 0.15) is 51.7 Å². The number of carbonyl (C=O) groups excluding carboxylic acids is 1. The van der Waals surface area contributed by atoms with Crippen LogP contribution < -0.4 is 5.32 Å². The summed E-state index contributed by atoms with van der Waals surface area (Å²) in [6.45, 7) is 8.47. The molecule has 3 aromatic rings. The van der Waals surface area contributed by atoms with E-state index in [0.717, 1.165) is 42.8 Å². The molecule has 0 radical (unpaired) electrons. The quantitative estimate of drug-likeness (QED) is 0.459. The maximum Gasteiger partial charge on any atom is 0.230 e. The first-order chi connectivity index (χ1) is 15.1. The molecule has 164 valence electrons. The van der Waals surface area contributed by atoms with Gasteiger partial charge in [0, 0.05) is 24.0 Å². The predicted molar refractivity (Wildman–Crippen MR) is 127 cm³/mol. The van der Waals surface area contributed by atoms with Crippen LogP contribution in [0.4, 0.5) is 0 Å². The summed E-state index contributed by atoms with van der Waals surface area (Å²) in [4.78, 5) is 16.7. The average molecular weight is 438 g/mol. The molecule has 1 N–H and O–H groups in total. The van der Waals surface area contributed by atoms with Gasteiger partial charge in [-0.25, -0.2) is 0 Å². The van der Waals surface area contributed by atoms with Gasteiger partial charge < -0.3 is 5.32 Å². The van der Waals surface area contributed by atoms with Crippen molar-refractivity contribution in [3.63, 3.8) is 0 Å². The Kier molecular flexibility index (Phi) is 8.23. The van der Waals surface area contributed by atoms with Gasteiger partial charge in [-0.05, 0) is 49.4 Å². The first-order valence-electron chi connectivity index (χ1n) is 11.0. The van der Waals surface area contributed by atoms with Crippen molar-refractivity contribution in [2.24, 2.45) is 0 Å². The van der Waals surface area contributed by atoms with E-state index >= 15 is 0 Å². The normalized spacial score (nSPS) is 12.0. The number of hydrogen-bond donors (Lipinski definition) is 1. The second-order valence-corrected chi connectivity index (χ2v) is 8.50. The van der Waals surface area contributed by atoms with E-state index in [0.29, 0.717) is 10.9 Å². The Hall–Kier alpha value is -2.67. The molecule has 31 heavy (non-hydrogen) atoms. The number of thioether (sulfide) groups is 1. The maximum atomic E-state index is 12.5. The molecular weight excluding hydrogens is 406 g/mol. The van der Waals surface area contributed by atoms with E-state index in [1.165, 1.54) is 22.9 Å². The van der Waals surface area contributed by atoms with Crippen LogP contribution >= 0.6 is 11.8 Å². The van der Waals surface area contributed by atoms with Gasteiger partial charge in [-0.15, -0.1) is 10.2 Å². The van der Waals surface area contributed by atoms with E-state index in [2.05, 4.69) is 64.0 Å². The van der Waals surface area contributed by atoms with Crippen LogP contribution in [0.25, 0.3) is 17.1 Å². The third-order valence-corrected chi connectivity index (χ3v) is 6.13. The smallest absolute Gasteiger partial charge is 0.230 e. The van der Waals surface area contributed by atoms with Gasteiger partial charge in [0.2, 0.25) is 5.91 Å². The molecule has 0 bridgehead atoms. The second kappa shape index (κ2) is 11.1. The van der Waals surface area contributed by atoms with E-state index in [1.807, 2.05) is 19.1 Å². The lowest BCUT2D eigenvalue weighted by atomic mass is 10.0. The Balaban J connectivity index is 2.01. The van der Waals surface area contributed by atoms with Crippen LogP contribution in [0.3, 0.4) is 0 Å². The topological polar surface area (TPSA) is 72.7 Å². The van der Waals surface area contributed by atoms with Crippen LogP contribution in [0.2, 0.25) is 0 Å². The van der Waals surface area contributed by atoms with Crippen molar-refractivity contribution in [3.05, 3.63) is 53.9 Å². The molecule has 0 saturated carbocycles. The van der Waals surface area contributed by atoms with Crippen LogP contribution in [0.15, 0.2) is 47.9 Å². The van der Waals surface area contributed by atoms with Crippen molar-refractivity contribution in [1.82, 2.24) is 25.1 Å². The standard InChI is InChI=1S/C24H31N5OS/c1-5-10-17(4)26-21(30)16-31-24-28-27-23(20-13-9-14-25-15-20)29(24)22-18(6-2)11-8-12-19(22)7-3/h8-9,11-15,17H,5-7,10,16H2,1-4H3,(H,26,30). The number of amides is 1. The number of nitrogens with one attached hydrogen (secondary N) is 1. The lowest BCUT2D eigenvalue weighted by molar-refractivity contribution is -0.119. The van der Waals surface area contributed by atoms with Gasteiger partial charge in [0.1, 0.15) is 0 Å². The number of pyridine rings is 1. The van der Waals surface area contributed by atoms with Crippen LogP contribution in [0, 0.1) is 0 Å². The summed E-state index contributed by atoms with van der Waals surface area (Å²) in [7, 11) is 0. The van der Waals surface area contributed by atoms with Crippen LogP contribution in [0.5, 0.6) is 0 Å². The lowest BCUT2D eigenvalue weighted by Gasteiger charge is -2.18. The van der Waals surface area contributed by atoms with Crippen molar-refractivity contribution in [1.29, 1.82) is 0 Å². The second-order valence-electron chi connectivity index (χ2n) is 7.56. The van der Waals surface area contributed by atoms with Gasteiger partial charge in [0.15, 0.2) is 11.0 Å². The molecule has 0 aliphatic heterocycles. The van der Waals surface area contributed by atoms with E-state index in [1.54, 1.807) is 12.4 Å². The molecule has 2 heterocycles. The molecule has 1 unspecified atom stereocenters. The highest BCUT2D eigenvalue weighted by molar-refractivity contribution is 7.99. The van der Waals surface area contributed by atoms with Crippen molar-refractivity contribution in [2.45, 2.75) is 64.6 Å². The lowest BCUT2D eigenvalue weighted by Crippen LogP contribution is -2.33. The maximum absolute atomic E-state index is 12.5. The van der Waals surface area contributed by atoms with Gasteiger partial charge in [0.05, 0.1) is 11.4 Å². The molecular formula is C24H31N5OS. The highest BCUT2D eigenvalue weighted by Crippen LogP contribution is 2.32. The van der Waals surface area contributed by atoms with E-state index in [9.17, 15) is 4.79 Å². The number of aromatic nitrogens is 4. The molecule has 1 aromatic carbocycles. The summed E-state index contributed by atoms with van der Waals surface area (Å²) in [5.41, 5.74) is 4.47. The number of para-hydroxylation sites is 1. The molecule has 1 atom stereocenters. The van der Waals surface area contributed by atoms with E-state index in [4.69, 9.17) is 0 Å². The summed E-state index contributed by atoms with van der Waals surface area (Å²) in [5, 5.41) is 12.8. The Labute approximate surface area is 188 Å². The Morgan fingerprint density at radius 3 is 2.45 bits per heavy atom. The number of rotatable bonds is 10. The Morgan fingerprint density at radius 2 is 1.84 bits per heavy atom. The third kappa shape index (κ3) is 5.53. The monoisotopic (exact) mass is 437 g/mol. The van der Waals surface area contributed by atoms with Crippen LogP contribution in [-0.2, 0) is 17.6 Å². The van der Waals surface area contributed by atoms with Gasteiger partial charge >= 0.3 is 0 Å². The van der Waals surface area contributed by atoms with Crippen molar-refractivity contribution in [2.75, 3.05) is 5.75 Å². The molecule has 0 spiro atoms. The zero-order valence-electron chi connectivity index (χ0n) is 18.8. The minimum Gasteiger partial charge on any atom is -0.353 e. The Bertz CT molecular complexity index is 980. The predicted octanol–water partition coefficient (Wildman–Crippen LogP) is 4.85. The molecule has 7 heteroatoms. The van der Waals surface area contributed by atoms with Gasteiger partial charge in [0.25, 0.3) is 0 Å². The van der Waals surface area contributed by atoms with Crippen molar-refractivity contribution >= 4 is 17.7 Å². The first kappa shape index (κ1) is 23.0. The average Bonchev–Trinajstić information content (AvgIpc) is 3.21. The third-order valence-electron chi connectivity index (χ3n) is 5.20. The summed E-state index contributed by atoms with van der Waals surface area (Å²) < 4.78 is 2.10. The zero-order chi connectivity index (χ0) is 22.2. The SMILES string of the molecule is CCCC(C)NC(=O)CSc1nnc(-c2cccnc2)n1-c1c(CC)cccc1CC. The van der Waals surface area contributed by atoms with Gasteiger partial charge in [-0.2, -0.15) is 0 Å². The van der Waals surface area contributed by atoms with Crippen molar-refractivity contribution in [3.8, 4) is 17.1 Å². The number of benzene rings is 1. The molecule has 2 aromatic heterocycles. The Morgan fingerprint density at radius 1 is 1.10 bits per heavy atom.